The first-order chi connectivity index (χ1) is 12.3. The molecule has 0 aliphatic rings. The molecule has 9 heteroatoms. The van der Waals surface area contributed by atoms with Crippen LogP contribution in [0.4, 0.5) is 0 Å². The normalized spacial score (nSPS) is 12.2. The highest BCUT2D eigenvalue weighted by Gasteiger charge is 2.38. The number of hydrogen-bond donors (Lipinski definition) is 0. The quantitative estimate of drug-likeness (QED) is 0.209. The predicted octanol–water partition coefficient (Wildman–Crippen LogP) is 4.85. The lowest BCUT2D eigenvalue weighted by Gasteiger charge is -2.24. The minimum absolute atomic E-state index is 0.524. The molecule has 0 spiro atoms. The smallest absolute Gasteiger partial charge is 0.377 e. The minimum Gasteiger partial charge on any atom is -0.377 e. The summed E-state index contributed by atoms with van der Waals surface area (Å²) < 4.78 is 31.6. The second-order valence-corrected chi connectivity index (χ2v) is 12.4. The second-order valence-electron chi connectivity index (χ2n) is 6.07. The Morgan fingerprint density at radius 3 is 1.46 bits per heavy atom. The fourth-order valence-electron chi connectivity index (χ4n) is 2.27. The lowest BCUT2D eigenvalue weighted by atomic mass is 10.1. The molecule has 160 valence electrons. The molecule has 0 aromatic rings. The van der Waals surface area contributed by atoms with Gasteiger partial charge in [0.2, 0.25) is 0 Å². The van der Waals surface area contributed by atoms with Gasteiger partial charge < -0.3 is 26.6 Å². The Morgan fingerprint density at radius 2 is 1.15 bits per heavy atom. The molecule has 0 N–H and O–H groups in total. The number of unbranched alkanes of at least 4 members (excludes halogenated alkanes) is 2. The van der Waals surface area contributed by atoms with Crippen LogP contribution in [0, 0.1) is 5.92 Å². The summed E-state index contributed by atoms with van der Waals surface area (Å²) in [6.45, 7) is 11.7. The van der Waals surface area contributed by atoms with Gasteiger partial charge in [0.1, 0.15) is 0 Å². The molecule has 0 saturated carbocycles. The molecular weight excluding hydrogens is 392 g/mol. The molecular formula is C17H41ClO6Si2. The van der Waals surface area contributed by atoms with E-state index in [9.17, 15) is 0 Å². The molecule has 0 bridgehead atoms. The summed E-state index contributed by atoms with van der Waals surface area (Å²) in [4.78, 5) is 0. The van der Waals surface area contributed by atoms with E-state index < -0.39 is 16.9 Å². The Kier molecular flexibility index (Phi) is 19.4. The Hall–Kier alpha value is 0.484. The van der Waals surface area contributed by atoms with Gasteiger partial charge in [0.15, 0.2) is 0 Å². The molecule has 0 heterocycles. The highest BCUT2D eigenvalue weighted by molar-refractivity contribution is 7.09. The van der Waals surface area contributed by atoms with Crippen LogP contribution in [0.25, 0.3) is 0 Å². The maximum Gasteiger partial charge on any atom is 0.613 e. The highest BCUT2D eigenvalue weighted by Crippen LogP contribution is 2.18. The SMILES string of the molecule is CCO[Si](Cl)(OCC)OCC.CO[Si](CCCCCC(C)C)(OC)OC. The van der Waals surface area contributed by atoms with Crippen molar-refractivity contribution in [3.8, 4) is 0 Å². The van der Waals surface area contributed by atoms with Gasteiger partial charge in [-0.2, -0.15) is 0 Å². The Labute approximate surface area is 168 Å². The molecule has 6 nitrogen and oxygen atoms in total. The summed E-state index contributed by atoms with van der Waals surface area (Å²) in [5, 5.41) is 0. The van der Waals surface area contributed by atoms with Crippen molar-refractivity contribution in [1.82, 2.24) is 0 Å². The van der Waals surface area contributed by atoms with Crippen LogP contribution < -0.4 is 0 Å². The molecule has 0 aliphatic carbocycles. The maximum atomic E-state index is 5.91. The molecule has 0 amide bonds. The van der Waals surface area contributed by atoms with Crippen molar-refractivity contribution in [1.29, 1.82) is 0 Å². The summed E-state index contributed by atoms with van der Waals surface area (Å²) in [7, 11) is -0.0499. The van der Waals surface area contributed by atoms with Gasteiger partial charge in [-0.3, -0.25) is 0 Å². The molecule has 0 atom stereocenters. The first kappa shape index (κ1) is 28.7. The van der Waals surface area contributed by atoms with Crippen LogP contribution in [0.1, 0.15) is 60.3 Å². The third kappa shape index (κ3) is 14.5. The zero-order valence-electron chi connectivity index (χ0n) is 18.1. The fourth-order valence-corrected chi connectivity index (χ4v) is 6.33. The molecule has 0 fully saturated rings. The van der Waals surface area contributed by atoms with Crippen LogP contribution in [0.2, 0.25) is 6.04 Å². The zero-order chi connectivity index (χ0) is 20.5. The van der Waals surface area contributed by atoms with E-state index in [1.807, 2.05) is 20.8 Å². The van der Waals surface area contributed by atoms with Gasteiger partial charge >= 0.3 is 16.9 Å². The summed E-state index contributed by atoms with van der Waals surface area (Å²) in [6, 6.07) is 0.925. The van der Waals surface area contributed by atoms with Gasteiger partial charge in [-0.05, 0) is 33.1 Å². The molecule has 0 aromatic carbocycles. The topological polar surface area (TPSA) is 55.4 Å². The average molecular weight is 433 g/mol. The monoisotopic (exact) mass is 432 g/mol. The minimum atomic E-state index is -2.78. The fraction of sp³-hybridized carbons (Fsp3) is 1.00. The third-order valence-electron chi connectivity index (χ3n) is 3.65. The largest absolute Gasteiger partial charge is 0.613 e. The van der Waals surface area contributed by atoms with E-state index >= 15 is 0 Å². The lowest BCUT2D eigenvalue weighted by Crippen LogP contribution is -2.42. The summed E-state index contributed by atoms with van der Waals surface area (Å²) in [5.74, 6) is 0.805. The predicted molar refractivity (Wildman–Crippen MR) is 111 cm³/mol. The van der Waals surface area contributed by atoms with Crippen LogP contribution in [0.15, 0.2) is 0 Å². The van der Waals surface area contributed by atoms with Crippen LogP contribution in [0.3, 0.4) is 0 Å². The van der Waals surface area contributed by atoms with Crippen LogP contribution in [-0.4, -0.2) is 58.1 Å². The Morgan fingerprint density at radius 1 is 0.731 bits per heavy atom. The van der Waals surface area contributed by atoms with Crippen molar-refractivity contribution in [2.45, 2.75) is 66.3 Å². The van der Waals surface area contributed by atoms with Crippen LogP contribution in [-0.2, 0) is 26.6 Å². The highest BCUT2D eigenvalue weighted by atomic mass is 35.6. The number of hydrogen-bond acceptors (Lipinski definition) is 6. The van der Waals surface area contributed by atoms with E-state index in [1.54, 1.807) is 21.3 Å². The first-order valence-electron chi connectivity index (χ1n) is 9.54. The zero-order valence-corrected chi connectivity index (χ0v) is 20.8. The summed E-state index contributed by atoms with van der Waals surface area (Å²) >= 11 is 5.91. The summed E-state index contributed by atoms with van der Waals surface area (Å²) in [6.07, 6.45) is 4.97. The average Bonchev–Trinajstić information content (AvgIpc) is 2.59. The second kappa shape index (κ2) is 17.6. The van der Waals surface area contributed by atoms with Gasteiger partial charge in [-0.25, -0.2) is 0 Å². The molecule has 0 radical (unpaired) electrons. The van der Waals surface area contributed by atoms with Crippen LogP contribution >= 0.6 is 11.1 Å². The molecule has 0 rings (SSSR count). The standard InChI is InChI=1S/C11H26O3Si.C6H15ClO3Si/c1-11(2)9-7-6-8-10-15(12-3,13-4)14-5;1-4-8-11(7,9-5-2)10-6-3/h11H,6-10H2,1-5H3;4-6H2,1-3H3. The van der Waals surface area contributed by atoms with E-state index in [1.165, 1.54) is 19.3 Å². The molecule has 0 aromatic heterocycles. The van der Waals surface area contributed by atoms with Gasteiger partial charge in [0, 0.05) is 47.2 Å². The molecule has 26 heavy (non-hydrogen) atoms. The molecule has 0 unspecified atom stereocenters. The third-order valence-corrected chi connectivity index (χ3v) is 9.36. The van der Waals surface area contributed by atoms with E-state index in [0.29, 0.717) is 19.8 Å². The van der Waals surface area contributed by atoms with Crippen molar-refractivity contribution < 1.29 is 26.6 Å². The van der Waals surface area contributed by atoms with E-state index in [0.717, 1.165) is 18.4 Å². The molecule has 0 saturated heterocycles. The van der Waals surface area contributed by atoms with Crippen molar-refractivity contribution in [3.05, 3.63) is 0 Å². The lowest BCUT2D eigenvalue weighted by molar-refractivity contribution is 0.0943. The Balaban J connectivity index is 0. The van der Waals surface area contributed by atoms with Gasteiger partial charge in [0.05, 0.1) is 0 Å². The van der Waals surface area contributed by atoms with Gasteiger partial charge in [0.25, 0.3) is 0 Å². The van der Waals surface area contributed by atoms with E-state index in [-0.39, 0.29) is 0 Å². The van der Waals surface area contributed by atoms with E-state index in [2.05, 4.69) is 13.8 Å². The van der Waals surface area contributed by atoms with Crippen molar-refractivity contribution in [2.75, 3.05) is 41.2 Å². The van der Waals surface area contributed by atoms with Crippen molar-refractivity contribution in [3.63, 3.8) is 0 Å². The van der Waals surface area contributed by atoms with Crippen molar-refractivity contribution >= 4 is 28.0 Å². The first-order valence-corrected chi connectivity index (χ1v) is 14.2. The number of rotatable bonds is 15. The van der Waals surface area contributed by atoms with Crippen molar-refractivity contribution in [2.24, 2.45) is 5.92 Å². The molecule has 0 aliphatic heterocycles. The van der Waals surface area contributed by atoms with Gasteiger partial charge in [-0.1, -0.05) is 44.2 Å². The summed E-state index contributed by atoms with van der Waals surface area (Å²) in [5.41, 5.74) is 0. The maximum absolute atomic E-state index is 5.91. The Bertz CT molecular complexity index is 282. The van der Waals surface area contributed by atoms with Gasteiger partial charge in [-0.15, -0.1) is 0 Å². The van der Waals surface area contributed by atoms with E-state index in [4.69, 9.17) is 37.6 Å². The van der Waals surface area contributed by atoms with Crippen LogP contribution in [0.5, 0.6) is 0 Å². The number of halogens is 1.